The lowest BCUT2D eigenvalue weighted by atomic mass is 9.74. The molecule has 0 aliphatic carbocycles. The van der Waals surface area contributed by atoms with E-state index in [0.29, 0.717) is 0 Å². The molecule has 122 valence electrons. The fourth-order valence-corrected chi connectivity index (χ4v) is 4.56. The van der Waals surface area contributed by atoms with Crippen molar-refractivity contribution in [1.29, 1.82) is 0 Å². The van der Waals surface area contributed by atoms with Crippen molar-refractivity contribution in [2.75, 3.05) is 18.0 Å². The fraction of sp³-hybridized carbons (Fsp3) is 0.316. The molecule has 1 aliphatic heterocycles. The average molecular weight is 337 g/mol. The molecule has 0 N–H and O–H groups in total. The summed E-state index contributed by atoms with van der Waals surface area (Å²) in [5.41, 5.74) is 3.00. The van der Waals surface area contributed by atoms with E-state index in [-0.39, 0.29) is 5.41 Å². The first-order valence-electron chi connectivity index (χ1n) is 8.19. The molecular formula is C19H19N3OS. The minimum absolute atomic E-state index is 0.366. The normalized spacial score (nSPS) is 17.1. The van der Waals surface area contributed by atoms with Crippen LogP contribution in [-0.2, 0) is 10.2 Å². The summed E-state index contributed by atoms with van der Waals surface area (Å²) in [6.45, 7) is 3.74. The number of rotatable bonds is 3. The van der Waals surface area contributed by atoms with Gasteiger partial charge in [-0.15, -0.1) is 11.3 Å². The van der Waals surface area contributed by atoms with Gasteiger partial charge in [0, 0.05) is 13.1 Å². The molecule has 0 unspecified atom stereocenters. The van der Waals surface area contributed by atoms with E-state index in [2.05, 4.69) is 39.3 Å². The molecule has 1 aromatic carbocycles. The van der Waals surface area contributed by atoms with Crippen molar-refractivity contribution in [3.8, 4) is 0 Å². The van der Waals surface area contributed by atoms with Crippen molar-refractivity contribution in [3.63, 3.8) is 0 Å². The first-order chi connectivity index (χ1) is 11.7. The first-order valence-corrected chi connectivity index (χ1v) is 9.07. The Balaban J connectivity index is 1.63. The predicted molar refractivity (Wildman–Crippen MR) is 97.8 cm³/mol. The van der Waals surface area contributed by atoms with Crippen molar-refractivity contribution in [1.82, 2.24) is 9.97 Å². The maximum atomic E-state index is 11.9. The molecule has 0 atom stereocenters. The Hall–Kier alpha value is -2.27. The van der Waals surface area contributed by atoms with Gasteiger partial charge in [-0.3, -0.25) is 0 Å². The minimum atomic E-state index is -0.366. The summed E-state index contributed by atoms with van der Waals surface area (Å²) in [6, 6.07) is 10.1. The zero-order valence-electron chi connectivity index (χ0n) is 13.6. The lowest BCUT2D eigenvalue weighted by Crippen LogP contribution is -2.44. The van der Waals surface area contributed by atoms with E-state index >= 15 is 0 Å². The molecule has 3 aromatic rings. The van der Waals surface area contributed by atoms with Gasteiger partial charge in [0.1, 0.15) is 18.4 Å². The van der Waals surface area contributed by atoms with Crippen LogP contribution >= 0.6 is 11.3 Å². The Bertz CT molecular complexity index is 867. The molecule has 0 amide bonds. The Kier molecular flexibility index (Phi) is 3.81. The van der Waals surface area contributed by atoms with E-state index in [4.69, 9.17) is 0 Å². The molecule has 0 radical (unpaired) electrons. The fourth-order valence-electron chi connectivity index (χ4n) is 3.54. The molecule has 1 saturated heterocycles. The summed E-state index contributed by atoms with van der Waals surface area (Å²) in [4.78, 5) is 23.1. The van der Waals surface area contributed by atoms with Gasteiger partial charge in [-0.05, 0) is 36.3 Å². The SMILES string of the molecule is Cc1csc2c(N3CCC(C=O)(c4ccccc4)CC3)ncnc12. The Morgan fingerprint density at radius 2 is 1.92 bits per heavy atom. The van der Waals surface area contributed by atoms with Gasteiger partial charge in [0.15, 0.2) is 0 Å². The number of aromatic nitrogens is 2. The van der Waals surface area contributed by atoms with E-state index in [1.165, 1.54) is 5.56 Å². The molecule has 0 saturated carbocycles. The molecule has 2 aromatic heterocycles. The molecule has 1 fully saturated rings. The third kappa shape index (κ3) is 2.40. The van der Waals surface area contributed by atoms with Gasteiger partial charge in [0.2, 0.25) is 0 Å². The predicted octanol–water partition coefficient (Wildman–Crippen LogP) is 3.74. The number of carbonyl (C=O) groups is 1. The van der Waals surface area contributed by atoms with Crippen LogP contribution in [0.5, 0.6) is 0 Å². The van der Waals surface area contributed by atoms with Crippen LogP contribution in [0.4, 0.5) is 5.82 Å². The number of fused-ring (bicyclic) bond motifs is 1. The molecule has 0 bridgehead atoms. The molecule has 0 spiro atoms. The van der Waals surface area contributed by atoms with Crippen LogP contribution in [0.2, 0.25) is 0 Å². The van der Waals surface area contributed by atoms with Crippen LogP contribution in [-0.4, -0.2) is 29.3 Å². The summed E-state index contributed by atoms with van der Waals surface area (Å²) in [5, 5.41) is 2.13. The molecule has 1 aliphatic rings. The maximum Gasteiger partial charge on any atom is 0.150 e. The van der Waals surface area contributed by atoms with E-state index in [1.54, 1.807) is 17.7 Å². The zero-order valence-corrected chi connectivity index (χ0v) is 14.4. The highest BCUT2D eigenvalue weighted by Gasteiger charge is 2.36. The first kappa shape index (κ1) is 15.3. The molecule has 4 rings (SSSR count). The monoisotopic (exact) mass is 337 g/mol. The highest BCUT2D eigenvalue weighted by atomic mass is 32.1. The molecule has 5 heteroatoms. The number of benzene rings is 1. The number of hydrogen-bond donors (Lipinski definition) is 0. The third-order valence-electron chi connectivity index (χ3n) is 5.04. The lowest BCUT2D eigenvalue weighted by molar-refractivity contribution is -0.113. The number of aldehydes is 1. The van der Waals surface area contributed by atoms with Crippen LogP contribution in [0.1, 0.15) is 24.0 Å². The summed E-state index contributed by atoms with van der Waals surface area (Å²) < 4.78 is 1.15. The van der Waals surface area contributed by atoms with Crippen LogP contribution in [0.25, 0.3) is 10.2 Å². The standard InChI is InChI=1S/C19H19N3OS/c1-14-11-24-17-16(14)20-13-21-18(17)22-9-7-19(12-23,8-10-22)15-5-3-2-4-6-15/h2-6,11-13H,7-10H2,1H3. The van der Waals surface area contributed by atoms with Crippen molar-refractivity contribution in [2.24, 2.45) is 0 Å². The topological polar surface area (TPSA) is 46.1 Å². The number of aryl methyl sites for hydroxylation is 1. The van der Waals surface area contributed by atoms with Crippen molar-refractivity contribution < 1.29 is 4.79 Å². The van der Waals surface area contributed by atoms with Crippen LogP contribution in [0.15, 0.2) is 42.0 Å². The molecular weight excluding hydrogens is 318 g/mol. The highest BCUT2D eigenvalue weighted by molar-refractivity contribution is 7.18. The van der Waals surface area contributed by atoms with Gasteiger partial charge in [-0.1, -0.05) is 30.3 Å². The number of hydrogen-bond acceptors (Lipinski definition) is 5. The second kappa shape index (κ2) is 5.98. The molecule has 4 nitrogen and oxygen atoms in total. The van der Waals surface area contributed by atoms with Gasteiger partial charge < -0.3 is 9.69 Å². The number of carbonyl (C=O) groups excluding carboxylic acids is 1. The van der Waals surface area contributed by atoms with Crippen molar-refractivity contribution >= 4 is 33.7 Å². The van der Waals surface area contributed by atoms with Gasteiger partial charge in [-0.25, -0.2) is 9.97 Å². The largest absolute Gasteiger partial charge is 0.355 e. The van der Waals surface area contributed by atoms with E-state index < -0.39 is 0 Å². The van der Waals surface area contributed by atoms with E-state index in [1.807, 2.05) is 18.2 Å². The quantitative estimate of drug-likeness (QED) is 0.683. The minimum Gasteiger partial charge on any atom is -0.355 e. The van der Waals surface area contributed by atoms with Crippen LogP contribution in [0, 0.1) is 6.92 Å². The lowest BCUT2D eigenvalue weighted by Gasteiger charge is -2.39. The summed E-state index contributed by atoms with van der Waals surface area (Å²) in [6.07, 6.45) is 4.42. The second-order valence-electron chi connectivity index (χ2n) is 6.42. The van der Waals surface area contributed by atoms with Crippen molar-refractivity contribution in [3.05, 3.63) is 53.2 Å². The summed E-state index contributed by atoms with van der Waals surface area (Å²) in [7, 11) is 0. The number of anilines is 1. The summed E-state index contributed by atoms with van der Waals surface area (Å²) in [5.74, 6) is 1.01. The van der Waals surface area contributed by atoms with Gasteiger partial charge in [0.05, 0.1) is 15.6 Å². The Morgan fingerprint density at radius 3 is 2.62 bits per heavy atom. The number of piperidine rings is 1. The summed E-state index contributed by atoms with van der Waals surface area (Å²) >= 11 is 1.70. The Morgan fingerprint density at radius 1 is 1.17 bits per heavy atom. The maximum absolute atomic E-state index is 11.9. The average Bonchev–Trinajstić information content (AvgIpc) is 3.04. The Labute approximate surface area is 145 Å². The number of nitrogens with zero attached hydrogens (tertiary/aromatic N) is 3. The zero-order chi connectivity index (χ0) is 16.6. The smallest absolute Gasteiger partial charge is 0.150 e. The van der Waals surface area contributed by atoms with Crippen LogP contribution in [0.3, 0.4) is 0 Å². The van der Waals surface area contributed by atoms with E-state index in [0.717, 1.165) is 53.8 Å². The molecule has 24 heavy (non-hydrogen) atoms. The van der Waals surface area contributed by atoms with Gasteiger partial charge >= 0.3 is 0 Å². The highest BCUT2D eigenvalue weighted by Crippen LogP contribution is 2.37. The molecule has 3 heterocycles. The van der Waals surface area contributed by atoms with Crippen molar-refractivity contribution in [2.45, 2.75) is 25.2 Å². The van der Waals surface area contributed by atoms with Gasteiger partial charge in [-0.2, -0.15) is 0 Å². The van der Waals surface area contributed by atoms with E-state index in [9.17, 15) is 4.79 Å². The van der Waals surface area contributed by atoms with Crippen LogP contribution < -0.4 is 4.90 Å². The third-order valence-corrected chi connectivity index (χ3v) is 6.12. The van der Waals surface area contributed by atoms with Gasteiger partial charge in [0.25, 0.3) is 0 Å². The number of thiophene rings is 1. The second-order valence-corrected chi connectivity index (χ2v) is 7.30.